The standard InChI is InChI=1S/C12H20F3N3O2S/c1-2-18-9-11(7-10(18)8-16)21(19,20)17-6-4-3-5-12(13,14)15/h7,9,17H,2-6,8,16H2,1H3. The first kappa shape index (κ1) is 18.0. The van der Waals surface area contributed by atoms with Crippen LogP contribution in [0.3, 0.4) is 0 Å². The van der Waals surface area contributed by atoms with Gasteiger partial charge in [-0.2, -0.15) is 13.2 Å². The Morgan fingerprint density at radius 2 is 2.00 bits per heavy atom. The monoisotopic (exact) mass is 327 g/mol. The van der Waals surface area contributed by atoms with Crippen molar-refractivity contribution in [3.63, 3.8) is 0 Å². The molecule has 21 heavy (non-hydrogen) atoms. The highest BCUT2D eigenvalue weighted by molar-refractivity contribution is 7.89. The highest BCUT2D eigenvalue weighted by Crippen LogP contribution is 2.22. The lowest BCUT2D eigenvalue weighted by Gasteiger charge is -2.07. The molecule has 1 aromatic heterocycles. The van der Waals surface area contributed by atoms with Crippen LogP contribution in [-0.4, -0.2) is 25.7 Å². The fraction of sp³-hybridized carbons (Fsp3) is 0.667. The van der Waals surface area contributed by atoms with E-state index in [1.54, 1.807) is 4.57 Å². The third-order valence-electron chi connectivity index (χ3n) is 3.00. The van der Waals surface area contributed by atoms with Crippen LogP contribution in [0, 0.1) is 0 Å². The second-order valence-electron chi connectivity index (χ2n) is 4.63. The summed E-state index contributed by atoms with van der Waals surface area (Å²) in [7, 11) is -3.71. The summed E-state index contributed by atoms with van der Waals surface area (Å²) in [4.78, 5) is 0.0839. The van der Waals surface area contributed by atoms with Crippen molar-refractivity contribution in [1.82, 2.24) is 9.29 Å². The Balaban J connectivity index is 2.56. The predicted octanol–water partition coefficient (Wildman–Crippen LogP) is 1.98. The quantitative estimate of drug-likeness (QED) is 0.717. The highest BCUT2D eigenvalue weighted by Gasteiger charge is 2.26. The molecule has 0 spiro atoms. The Morgan fingerprint density at radius 1 is 1.33 bits per heavy atom. The number of hydrogen-bond donors (Lipinski definition) is 2. The fourth-order valence-electron chi connectivity index (χ4n) is 1.88. The number of alkyl halides is 3. The summed E-state index contributed by atoms with van der Waals surface area (Å²) in [6, 6.07) is 1.47. The molecule has 1 aromatic rings. The van der Waals surface area contributed by atoms with E-state index in [-0.39, 0.29) is 30.8 Å². The molecule has 0 aliphatic heterocycles. The molecule has 3 N–H and O–H groups in total. The number of halogens is 3. The minimum absolute atomic E-state index is 0.0202. The van der Waals surface area contributed by atoms with E-state index < -0.39 is 22.6 Å². The van der Waals surface area contributed by atoms with Gasteiger partial charge in [-0.25, -0.2) is 13.1 Å². The Hall–Kier alpha value is -1.06. The summed E-state index contributed by atoms with van der Waals surface area (Å²) in [5, 5.41) is 0. The van der Waals surface area contributed by atoms with Gasteiger partial charge in [0.05, 0.1) is 4.90 Å². The number of unbranched alkanes of at least 4 members (excludes halogenated alkanes) is 1. The Kier molecular flexibility index (Phi) is 6.24. The van der Waals surface area contributed by atoms with Gasteiger partial charge in [-0.05, 0) is 25.8 Å². The Morgan fingerprint density at radius 3 is 2.48 bits per heavy atom. The lowest BCUT2D eigenvalue weighted by Crippen LogP contribution is -2.24. The van der Waals surface area contributed by atoms with Crippen molar-refractivity contribution in [3.05, 3.63) is 18.0 Å². The summed E-state index contributed by atoms with van der Waals surface area (Å²) >= 11 is 0. The van der Waals surface area contributed by atoms with E-state index in [2.05, 4.69) is 4.72 Å². The van der Waals surface area contributed by atoms with Crippen LogP contribution in [0.1, 0.15) is 31.9 Å². The average molecular weight is 327 g/mol. The van der Waals surface area contributed by atoms with Crippen LogP contribution >= 0.6 is 0 Å². The van der Waals surface area contributed by atoms with E-state index in [1.807, 2.05) is 6.92 Å². The van der Waals surface area contributed by atoms with E-state index in [9.17, 15) is 21.6 Å². The molecule has 0 aromatic carbocycles. The number of rotatable bonds is 8. The minimum Gasteiger partial charge on any atom is -0.349 e. The normalized spacial score (nSPS) is 12.8. The van der Waals surface area contributed by atoms with Crippen molar-refractivity contribution >= 4 is 10.0 Å². The maximum absolute atomic E-state index is 12.0. The van der Waals surface area contributed by atoms with Crippen LogP contribution < -0.4 is 10.5 Å². The first-order valence-corrected chi connectivity index (χ1v) is 8.13. The zero-order valence-corrected chi connectivity index (χ0v) is 12.6. The lowest BCUT2D eigenvalue weighted by atomic mass is 10.2. The third kappa shape index (κ3) is 5.68. The topological polar surface area (TPSA) is 77.1 Å². The maximum Gasteiger partial charge on any atom is 0.389 e. The summed E-state index contributed by atoms with van der Waals surface area (Å²) in [5.41, 5.74) is 6.21. The molecule has 1 rings (SSSR count). The Bertz CT molecular complexity index is 531. The highest BCUT2D eigenvalue weighted by atomic mass is 32.2. The first-order chi connectivity index (χ1) is 9.69. The van der Waals surface area contributed by atoms with Gasteiger partial charge < -0.3 is 10.3 Å². The summed E-state index contributed by atoms with van der Waals surface area (Å²) in [6.45, 7) is 2.65. The van der Waals surface area contributed by atoms with Crippen LogP contribution in [-0.2, 0) is 23.1 Å². The first-order valence-electron chi connectivity index (χ1n) is 6.65. The number of hydrogen-bond acceptors (Lipinski definition) is 3. The van der Waals surface area contributed by atoms with E-state index in [1.165, 1.54) is 12.3 Å². The van der Waals surface area contributed by atoms with Crippen molar-refractivity contribution in [1.29, 1.82) is 0 Å². The molecule has 0 saturated heterocycles. The molecular formula is C12H20F3N3O2S. The molecule has 0 bridgehead atoms. The average Bonchev–Trinajstić information content (AvgIpc) is 2.80. The molecule has 122 valence electrons. The van der Waals surface area contributed by atoms with Crippen LogP contribution in [0.25, 0.3) is 0 Å². The van der Waals surface area contributed by atoms with E-state index in [0.717, 1.165) is 0 Å². The van der Waals surface area contributed by atoms with Crippen molar-refractivity contribution in [2.75, 3.05) is 6.54 Å². The molecule has 0 aliphatic rings. The van der Waals surface area contributed by atoms with Gasteiger partial charge >= 0.3 is 6.18 Å². The minimum atomic E-state index is -4.20. The Labute approximate surface area is 122 Å². The van der Waals surface area contributed by atoms with Crippen LogP contribution in [0.5, 0.6) is 0 Å². The number of aromatic nitrogens is 1. The molecule has 5 nitrogen and oxygen atoms in total. The molecule has 0 amide bonds. The zero-order chi connectivity index (χ0) is 16.1. The molecule has 0 fully saturated rings. The van der Waals surface area contributed by atoms with E-state index in [0.29, 0.717) is 12.2 Å². The van der Waals surface area contributed by atoms with Crippen LogP contribution in [0.4, 0.5) is 13.2 Å². The SMILES string of the molecule is CCn1cc(S(=O)(=O)NCCCCC(F)(F)F)cc1CN. The molecule has 0 aliphatic carbocycles. The van der Waals surface area contributed by atoms with Crippen molar-refractivity contribution in [2.45, 2.75) is 50.3 Å². The smallest absolute Gasteiger partial charge is 0.349 e. The number of nitrogens with one attached hydrogen (secondary N) is 1. The lowest BCUT2D eigenvalue weighted by molar-refractivity contribution is -0.135. The van der Waals surface area contributed by atoms with Gasteiger partial charge in [0, 0.05) is 37.9 Å². The number of nitrogens with zero attached hydrogens (tertiary/aromatic N) is 1. The number of aryl methyl sites for hydroxylation is 1. The van der Waals surface area contributed by atoms with Gasteiger partial charge in [0.2, 0.25) is 10.0 Å². The van der Waals surface area contributed by atoms with Gasteiger partial charge in [-0.1, -0.05) is 0 Å². The molecule has 0 saturated carbocycles. The van der Waals surface area contributed by atoms with Gasteiger partial charge in [0.25, 0.3) is 0 Å². The van der Waals surface area contributed by atoms with Crippen molar-refractivity contribution in [3.8, 4) is 0 Å². The number of sulfonamides is 1. The van der Waals surface area contributed by atoms with Gasteiger partial charge in [0.15, 0.2) is 0 Å². The molecule has 0 atom stereocenters. The second-order valence-corrected chi connectivity index (χ2v) is 6.39. The van der Waals surface area contributed by atoms with Gasteiger partial charge in [0.1, 0.15) is 0 Å². The van der Waals surface area contributed by atoms with Crippen LogP contribution in [0.15, 0.2) is 17.2 Å². The van der Waals surface area contributed by atoms with Gasteiger partial charge in [-0.3, -0.25) is 0 Å². The van der Waals surface area contributed by atoms with E-state index >= 15 is 0 Å². The van der Waals surface area contributed by atoms with Gasteiger partial charge in [-0.15, -0.1) is 0 Å². The van der Waals surface area contributed by atoms with Crippen LogP contribution in [0.2, 0.25) is 0 Å². The molecule has 1 heterocycles. The number of nitrogens with two attached hydrogens (primary N) is 1. The maximum atomic E-state index is 12.0. The third-order valence-corrected chi connectivity index (χ3v) is 4.43. The molecular weight excluding hydrogens is 307 g/mol. The van der Waals surface area contributed by atoms with E-state index in [4.69, 9.17) is 5.73 Å². The predicted molar refractivity (Wildman–Crippen MR) is 73.1 cm³/mol. The van der Waals surface area contributed by atoms with Crippen molar-refractivity contribution in [2.24, 2.45) is 5.73 Å². The largest absolute Gasteiger partial charge is 0.389 e. The molecule has 0 radical (unpaired) electrons. The second kappa shape index (κ2) is 7.28. The summed E-state index contributed by atoms with van der Waals surface area (Å²) in [5.74, 6) is 0. The zero-order valence-electron chi connectivity index (χ0n) is 11.8. The van der Waals surface area contributed by atoms with Crippen molar-refractivity contribution < 1.29 is 21.6 Å². The summed E-state index contributed by atoms with van der Waals surface area (Å²) in [6.07, 6.45) is -3.60. The fourth-order valence-corrected chi connectivity index (χ4v) is 3.02. The summed E-state index contributed by atoms with van der Waals surface area (Å²) < 4.78 is 63.9. The molecule has 9 heteroatoms. The molecule has 0 unspecified atom stereocenters.